The number of halogens is 1. The van der Waals surface area contributed by atoms with E-state index in [1.54, 1.807) is 0 Å². The molecule has 0 saturated heterocycles. The number of rotatable bonds is 7. The van der Waals surface area contributed by atoms with Gasteiger partial charge in [0, 0.05) is 24.4 Å². The number of nitro groups is 1. The van der Waals surface area contributed by atoms with Crippen molar-refractivity contribution in [1.82, 2.24) is 0 Å². The van der Waals surface area contributed by atoms with Gasteiger partial charge in [-0.3, -0.25) is 14.9 Å². The SMILES string of the molecule is O=C(CCCCCCl)Oc1ccc([N+](=O)[O-])cc1. The van der Waals surface area contributed by atoms with Crippen molar-refractivity contribution in [1.29, 1.82) is 0 Å². The number of unbranched alkanes of at least 4 members (excludes halogenated alkanes) is 2. The molecule has 0 heterocycles. The second-order valence-electron chi connectivity index (χ2n) is 3.72. The lowest BCUT2D eigenvalue weighted by atomic mass is 10.2. The summed E-state index contributed by atoms with van der Waals surface area (Å²) in [6.45, 7) is 0. The Morgan fingerprint density at radius 1 is 1.22 bits per heavy atom. The van der Waals surface area contributed by atoms with Crippen LogP contribution in [0, 0.1) is 10.1 Å². The van der Waals surface area contributed by atoms with Gasteiger partial charge < -0.3 is 4.74 Å². The van der Waals surface area contributed by atoms with E-state index in [1.807, 2.05) is 0 Å². The van der Waals surface area contributed by atoms with Gasteiger partial charge in [-0.15, -0.1) is 11.6 Å². The van der Waals surface area contributed by atoms with E-state index < -0.39 is 4.92 Å². The molecule has 0 aliphatic rings. The van der Waals surface area contributed by atoms with E-state index in [4.69, 9.17) is 16.3 Å². The number of hydrogen-bond acceptors (Lipinski definition) is 4. The van der Waals surface area contributed by atoms with Gasteiger partial charge in [0.15, 0.2) is 0 Å². The normalized spacial score (nSPS) is 10.1. The van der Waals surface area contributed by atoms with Crippen LogP contribution in [0.4, 0.5) is 5.69 Å². The zero-order valence-corrected chi connectivity index (χ0v) is 10.6. The molecule has 0 spiro atoms. The highest BCUT2D eigenvalue weighted by atomic mass is 35.5. The molecular weight excluding hydrogens is 258 g/mol. The van der Waals surface area contributed by atoms with Gasteiger partial charge in [0.25, 0.3) is 5.69 Å². The minimum Gasteiger partial charge on any atom is -0.427 e. The zero-order chi connectivity index (χ0) is 13.4. The fourth-order valence-electron chi connectivity index (χ4n) is 1.36. The van der Waals surface area contributed by atoms with Crippen LogP contribution >= 0.6 is 11.6 Å². The maximum atomic E-state index is 11.4. The molecule has 5 nitrogen and oxygen atoms in total. The first kappa shape index (κ1) is 14.4. The summed E-state index contributed by atoms with van der Waals surface area (Å²) in [6.07, 6.45) is 2.83. The summed E-state index contributed by atoms with van der Waals surface area (Å²) in [4.78, 5) is 21.3. The third-order valence-corrected chi connectivity index (χ3v) is 2.56. The van der Waals surface area contributed by atoms with E-state index in [1.165, 1.54) is 24.3 Å². The summed E-state index contributed by atoms with van der Waals surface area (Å²) < 4.78 is 5.03. The van der Waals surface area contributed by atoms with Crippen LogP contribution in [0.1, 0.15) is 25.7 Å². The van der Waals surface area contributed by atoms with Crippen molar-refractivity contribution in [3.05, 3.63) is 34.4 Å². The number of nitrogens with zero attached hydrogens (tertiary/aromatic N) is 1. The van der Waals surface area contributed by atoms with Crippen molar-refractivity contribution in [2.45, 2.75) is 25.7 Å². The van der Waals surface area contributed by atoms with Gasteiger partial charge in [-0.25, -0.2) is 0 Å². The van der Waals surface area contributed by atoms with Crippen molar-refractivity contribution in [2.75, 3.05) is 5.88 Å². The van der Waals surface area contributed by atoms with Crippen LogP contribution in [-0.2, 0) is 4.79 Å². The topological polar surface area (TPSA) is 69.4 Å². The molecule has 0 radical (unpaired) electrons. The fraction of sp³-hybridized carbons (Fsp3) is 0.417. The van der Waals surface area contributed by atoms with E-state index in [-0.39, 0.29) is 11.7 Å². The Kier molecular flexibility index (Phi) is 6.14. The Morgan fingerprint density at radius 2 is 1.89 bits per heavy atom. The number of carbonyl (C=O) groups excluding carboxylic acids is 1. The van der Waals surface area contributed by atoms with Crippen LogP contribution in [0.3, 0.4) is 0 Å². The summed E-state index contributed by atoms with van der Waals surface area (Å²) in [7, 11) is 0. The van der Waals surface area contributed by atoms with Crippen LogP contribution < -0.4 is 4.74 Å². The minimum absolute atomic E-state index is 0.0306. The number of hydrogen-bond donors (Lipinski definition) is 0. The first-order chi connectivity index (χ1) is 8.63. The number of benzene rings is 1. The monoisotopic (exact) mass is 271 g/mol. The van der Waals surface area contributed by atoms with Gasteiger partial charge in [-0.2, -0.15) is 0 Å². The Bertz CT molecular complexity index is 405. The molecule has 0 aromatic heterocycles. The molecule has 0 N–H and O–H groups in total. The number of ether oxygens (including phenoxy) is 1. The third kappa shape index (κ3) is 5.14. The molecule has 1 aromatic rings. The summed E-state index contributed by atoms with van der Waals surface area (Å²) in [6, 6.07) is 5.43. The number of non-ortho nitro benzene ring substituents is 1. The maximum absolute atomic E-state index is 11.4. The van der Waals surface area contributed by atoms with Crippen LogP contribution in [0.5, 0.6) is 5.75 Å². The molecule has 6 heteroatoms. The van der Waals surface area contributed by atoms with Crippen LogP contribution in [0.25, 0.3) is 0 Å². The molecule has 1 rings (SSSR count). The standard InChI is InChI=1S/C12H14ClNO4/c13-9-3-1-2-4-12(15)18-11-7-5-10(6-8-11)14(16)17/h5-8H,1-4,9H2. The Morgan fingerprint density at radius 3 is 2.44 bits per heavy atom. The molecule has 0 fully saturated rings. The van der Waals surface area contributed by atoms with E-state index in [0.29, 0.717) is 18.1 Å². The van der Waals surface area contributed by atoms with Crippen molar-refractivity contribution in [3.8, 4) is 5.75 Å². The second kappa shape index (κ2) is 7.66. The van der Waals surface area contributed by atoms with Crippen LogP contribution in [0.2, 0.25) is 0 Å². The van der Waals surface area contributed by atoms with Crippen molar-refractivity contribution in [3.63, 3.8) is 0 Å². The molecule has 0 bridgehead atoms. The molecule has 0 aliphatic carbocycles. The van der Waals surface area contributed by atoms with Gasteiger partial charge >= 0.3 is 5.97 Å². The van der Waals surface area contributed by atoms with Crippen LogP contribution in [-0.4, -0.2) is 16.8 Å². The zero-order valence-electron chi connectivity index (χ0n) is 9.80. The minimum atomic E-state index is -0.502. The van der Waals surface area contributed by atoms with Gasteiger partial charge in [-0.05, 0) is 25.0 Å². The summed E-state index contributed by atoms with van der Waals surface area (Å²) in [5, 5.41) is 10.4. The van der Waals surface area contributed by atoms with Crippen molar-refractivity contribution < 1.29 is 14.5 Å². The van der Waals surface area contributed by atoms with Gasteiger partial charge in [0.2, 0.25) is 0 Å². The molecule has 0 saturated carbocycles. The maximum Gasteiger partial charge on any atom is 0.311 e. The fourth-order valence-corrected chi connectivity index (χ4v) is 1.55. The van der Waals surface area contributed by atoms with Crippen LogP contribution in [0.15, 0.2) is 24.3 Å². The lowest BCUT2D eigenvalue weighted by Gasteiger charge is -2.03. The van der Waals surface area contributed by atoms with Crippen molar-refractivity contribution in [2.24, 2.45) is 0 Å². The highest BCUT2D eigenvalue weighted by Gasteiger charge is 2.07. The molecular formula is C12H14ClNO4. The summed E-state index contributed by atoms with van der Waals surface area (Å²) in [5.41, 5.74) is -0.0306. The first-order valence-electron chi connectivity index (χ1n) is 5.64. The average Bonchev–Trinajstić information content (AvgIpc) is 2.35. The average molecular weight is 272 g/mol. The van der Waals surface area contributed by atoms with E-state index in [9.17, 15) is 14.9 Å². The highest BCUT2D eigenvalue weighted by Crippen LogP contribution is 2.18. The largest absolute Gasteiger partial charge is 0.427 e. The molecule has 98 valence electrons. The van der Waals surface area contributed by atoms with Gasteiger partial charge in [0.05, 0.1) is 4.92 Å². The first-order valence-corrected chi connectivity index (χ1v) is 6.18. The van der Waals surface area contributed by atoms with Gasteiger partial charge in [0.1, 0.15) is 5.75 Å². The summed E-state index contributed by atoms with van der Waals surface area (Å²) in [5.74, 6) is 0.582. The lowest BCUT2D eigenvalue weighted by Crippen LogP contribution is -2.07. The number of nitro benzene ring substituents is 1. The Labute approximate surface area is 110 Å². The van der Waals surface area contributed by atoms with E-state index in [2.05, 4.69) is 0 Å². The van der Waals surface area contributed by atoms with E-state index >= 15 is 0 Å². The quantitative estimate of drug-likeness (QED) is 0.190. The smallest absolute Gasteiger partial charge is 0.311 e. The predicted molar refractivity (Wildman–Crippen MR) is 67.9 cm³/mol. The van der Waals surface area contributed by atoms with E-state index in [0.717, 1.165) is 19.3 Å². The predicted octanol–water partition coefficient (Wildman–Crippen LogP) is 3.30. The Hall–Kier alpha value is -1.62. The molecule has 1 aromatic carbocycles. The summed E-state index contributed by atoms with van der Waals surface area (Å²) >= 11 is 5.52. The molecule has 0 amide bonds. The highest BCUT2D eigenvalue weighted by molar-refractivity contribution is 6.17. The molecule has 0 aliphatic heterocycles. The Balaban J connectivity index is 2.37. The van der Waals surface area contributed by atoms with Gasteiger partial charge in [-0.1, -0.05) is 6.42 Å². The number of carbonyl (C=O) groups is 1. The molecule has 0 unspecified atom stereocenters. The molecule has 0 atom stereocenters. The second-order valence-corrected chi connectivity index (χ2v) is 4.10. The van der Waals surface area contributed by atoms with Crippen molar-refractivity contribution >= 4 is 23.3 Å². The number of esters is 1. The lowest BCUT2D eigenvalue weighted by molar-refractivity contribution is -0.384. The number of alkyl halides is 1. The molecule has 18 heavy (non-hydrogen) atoms. The third-order valence-electron chi connectivity index (χ3n) is 2.29.